The second-order valence-corrected chi connectivity index (χ2v) is 4.69. The molecule has 0 spiro atoms. The van der Waals surface area contributed by atoms with Gasteiger partial charge in [-0.1, -0.05) is 18.5 Å². The number of halogens is 2. The summed E-state index contributed by atoms with van der Waals surface area (Å²) in [6.45, 7) is 2.44. The quantitative estimate of drug-likeness (QED) is 0.896. The van der Waals surface area contributed by atoms with Crippen molar-refractivity contribution in [1.82, 2.24) is 4.98 Å². The minimum absolute atomic E-state index is 0.0618. The first-order valence-corrected chi connectivity index (χ1v) is 6.08. The fourth-order valence-electron chi connectivity index (χ4n) is 1.64. The molecule has 0 radical (unpaired) electrons. The number of aliphatic hydroxyl groups is 1. The zero-order valence-corrected chi connectivity index (χ0v) is 10.7. The van der Waals surface area contributed by atoms with Crippen molar-refractivity contribution in [2.45, 2.75) is 6.92 Å². The lowest BCUT2D eigenvalue weighted by Crippen LogP contribution is -2.15. The Balaban J connectivity index is 2.33. The summed E-state index contributed by atoms with van der Waals surface area (Å²) in [5.41, 5.74) is 0.627. The minimum atomic E-state index is -0.417. The maximum absolute atomic E-state index is 14.2. The van der Waals surface area contributed by atoms with E-state index < -0.39 is 5.82 Å². The highest BCUT2D eigenvalue weighted by Gasteiger charge is 2.11. The van der Waals surface area contributed by atoms with Gasteiger partial charge in [0.2, 0.25) is 0 Å². The highest BCUT2D eigenvalue weighted by molar-refractivity contribution is 6.35. The van der Waals surface area contributed by atoms with Crippen LogP contribution in [-0.2, 0) is 0 Å². The number of fused-ring (bicyclic) bond motifs is 1. The number of aromatic nitrogens is 1. The monoisotopic (exact) mass is 268 g/mol. The number of hydrogen-bond donors (Lipinski definition) is 2. The number of anilines is 1. The van der Waals surface area contributed by atoms with Crippen LogP contribution < -0.4 is 5.32 Å². The molecule has 0 aliphatic heterocycles. The Labute approximate surface area is 110 Å². The van der Waals surface area contributed by atoms with Crippen LogP contribution in [0.4, 0.5) is 10.1 Å². The van der Waals surface area contributed by atoms with Crippen LogP contribution in [-0.4, -0.2) is 23.2 Å². The lowest BCUT2D eigenvalue weighted by molar-refractivity contribution is 0.244. The second-order valence-electron chi connectivity index (χ2n) is 4.28. The Morgan fingerprint density at radius 1 is 1.44 bits per heavy atom. The molecule has 2 N–H and O–H groups in total. The summed E-state index contributed by atoms with van der Waals surface area (Å²) in [5, 5.41) is 13.0. The fraction of sp³-hybridized carbons (Fsp3) is 0.308. The van der Waals surface area contributed by atoms with E-state index in [-0.39, 0.29) is 18.0 Å². The van der Waals surface area contributed by atoms with E-state index in [1.54, 1.807) is 18.2 Å². The number of rotatable bonds is 4. The Morgan fingerprint density at radius 2 is 2.22 bits per heavy atom. The molecule has 1 heterocycles. The molecule has 2 aromatic rings. The smallest absolute Gasteiger partial charge is 0.172 e. The van der Waals surface area contributed by atoms with Gasteiger partial charge in [-0.2, -0.15) is 0 Å². The van der Waals surface area contributed by atoms with Crippen molar-refractivity contribution in [2.75, 3.05) is 18.5 Å². The van der Waals surface area contributed by atoms with Crippen LogP contribution in [0.2, 0.25) is 5.02 Å². The molecule has 0 saturated carbocycles. The van der Waals surface area contributed by atoms with E-state index in [0.29, 0.717) is 22.6 Å². The predicted octanol–water partition coefficient (Wildman–Crippen LogP) is 3.07. The zero-order chi connectivity index (χ0) is 13.1. The zero-order valence-electron chi connectivity index (χ0n) is 9.95. The van der Waals surface area contributed by atoms with Gasteiger partial charge in [0.1, 0.15) is 5.52 Å². The number of benzene rings is 1. The van der Waals surface area contributed by atoms with Gasteiger partial charge in [-0.25, -0.2) is 4.39 Å². The Hall–Kier alpha value is -1.39. The summed E-state index contributed by atoms with van der Waals surface area (Å²) in [6.07, 6.45) is 1.48. The molecule has 1 unspecified atom stereocenters. The van der Waals surface area contributed by atoms with E-state index in [9.17, 15) is 4.39 Å². The Morgan fingerprint density at radius 3 is 2.94 bits per heavy atom. The molecule has 2 rings (SSSR count). The molecular weight excluding hydrogens is 255 g/mol. The molecule has 0 aliphatic rings. The van der Waals surface area contributed by atoms with E-state index in [1.165, 1.54) is 6.20 Å². The largest absolute Gasteiger partial charge is 0.396 e. The number of pyridine rings is 1. The standard InChI is InChI=1S/C13H14ClFN2O/c1-8(7-18)6-17-11-3-2-9-10(14)4-5-16-13(9)12(11)15/h2-5,8,17-18H,6-7H2,1H3. The molecule has 96 valence electrons. The van der Waals surface area contributed by atoms with Gasteiger partial charge in [0, 0.05) is 24.7 Å². The van der Waals surface area contributed by atoms with E-state index in [1.807, 2.05) is 6.92 Å². The minimum Gasteiger partial charge on any atom is -0.396 e. The maximum atomic E-state index is 14.2. The van der Waals surface area contributed by atoms with Gasteiger partial charge in [-0.15, -0.1) is 0 Å². The van der Waals surface area contributed by atoms with Gasteiger partial charge in [-0.05, 0) is 24.1 Å². The van der Waals surface area contributed by atoms with Crippen molar-refractivity contribution >= 4 is 28.2 Å². The summed E-state index contributed by atoms with van der Waals surface area (Å²) >= 11 is 5.97. The molecule has 0 fully saturated rings. The Kier molecular flexibility index (Phi) is 3.99. The van der Waals surface area contributed by atoms with E-state index >= 15 is 0 Å². The maximum Gasteiger partial charge on any atom is 0.172 e. The summed E-state index contributed by atoms with van der Waals surface area (Å²) in [7, 11) is 0. The van der Waals surface area contributed by atoms with Crippen molar-refractivity contribution in [3.8, 4) is 0 Å². The summed E-state index contributed by atoms with van der Waals surface area (Å²) in [5.74, 6) is -0.354. The van der Waals surface area contributed by atoms with E-state index in [2.05, 4.69) is 10.3 Å². The van der Waals surface area contributed by atoms with Gasteiger partial charge in [0.05, 0.1) is 10.7 Å². The first-order valence-electron chi connectivity index (χ1n) is 5.71. The first-order chi connectivity index (χ1) is 8.63. The molecule has 0 amide bonds. The number of aliphatic hydroxyl groups excluding tert-OH is 1. The van der Waals surface area contributed by atoms with Crippen LogP contribution in [0, 0.1) is 11.7 Å². The molecule has 1 aromatic carbocycles. The van der Waals surface area contributed by atoms with Gasteiger partial charge in [-0.3, -0.25) is 4.98 Å². The van der Waals surface area contributed by atoms with Gasteiger partial charge in [0.15, 0.2) is 5.82 Å². The summed E-state index contributed by atoms with van der Waals surface area (Å²) in [4.78, 5) is 4.00. The first kappa shape index (κ1) is 13.1. The van der Waals surface area contributed by atoms with Crippen molar-refractivity contribution < 1.29 is 9.50 Å². The third kappa shape index (κ3) is 2.54. The van der Waals surface area contributed by atoms with Gasteiger partial charge >= 0.3 is 0 Å². The molecule has 5 heteroatoms. The van der Waals surface area contributed by atoms with Crippen LogP contribution in [0.15, 0.2) is 24.4 Å². The van der Waals surface area contributed by atoms with Crippen molar-refractivity contribution in [1.29, 1.82) is 0 Å². The lowest BCUT2D eigenvalue weighted by atomic mass is 10.1. The third-order valence-corrected chi connectivity index (χ3v) is 3.08. The van der Waals surface area contributed by atoms with Gasteiger partial charge < -0.3 is 10.4 Å². The molecular formula is C13H14ClFN2O. The normalized spacial score (nSPS) is 12.7. The Bertz CT molecular complexity index is 562. The average molecular weight is 269 g/mol. The molecule has 1 aromatic heterocycles. The molecule has 1 atom stereocenters. The van der Waals surface area contributed by atoms with Crippen LogP contribution in [0.25, 0.3) is 10.9 Å². The molecule has 0 bridgehead atoms. The predicted molar refractivity (Wildman–Crippen MR) is 71.5 cm³/mol. The fourth-order valence-corrected chi connectivity index (χ4v) is 1.84. The van der Waals surface area contributed by atoms with E-state index in [4.69, 9.17) is 16.7 Å². The van der Waals surface area contributed by atoms with Crippen LogP contribution >= 0.6 is 11.6 Å². The number of hydrogen-bond acceptors (Lipinski definition) is 3. The van der Waals surface area contributed by atoms with E-state index in [0.717, 1.165) is 0 Å². The van der Waals surface area contributed by atoms with Crippen LogP contribution in [0.3, 0.4) is 0 Å². The highest BCUT2D eigenvalue weighted by Crippen LogP contribution is 2.27. The van der Waals surface area contributed by atoms with Crippen molar-refractivity contribution in [3.63, 3.8) is 0 Å². The summed E-state index contributed by atoms with van der Waals surface area (Å²) < 4.78 is 14.2. The topological polar surface area (TPSA) is 45.1 Å². The van der Waals surface area contributed by atoms with Crippen LogP contribution in [0.1, 0.15) is 6.92 Å². The van der Waals surface area contributed by atoms with Crippen LogP contribution in [0.5, 0.6) is 0 Å². The lowest BCUT2D eigenvalue weighted by Gasteiger charge is -2.12. The number of nitrogens with zero attached hydrogens (tertiary/aromatic N) is 1. The SMILES string of the molecule is CC(CO)CNc1ccc2c(Cl)ccnc2c1F. The third-order valence-electron chi connectivity index (χ3n) is 2.75. The molecule has 18 heavy (non-hydrogen) atoms. The molecule has 0 aliphatic carbocycles. The molecule has 0 saturated heterocycles. The average Bonchev–Trinajstić information content (AvgIpc) is 2.38. The van der Waals surface area contributed by atoms with Crippen molar-refractivity contribution in [3.05, 3.63) is 35.2 Å². The number of nitrogens with one attached hydrogen (secondary N) is 1. The van der Waals surface area contributed by atoms with Crippen molar-refractivity contribution in [2.24, 2.45) is 5.92 Å². The molecule has 3 nitrogen and oxygen atoms in total. The van der Waals surface area contributed by atoms with Gasteiger partial charge in [0.25, 0.3) is 0 Å². The highest BCUT2D eigenvalue weighted by atomic mass is 35.5. The second kappa shape index (κ2) is 5.50. The summed E-state index contributed by atoms with van der Waals surface area (Å²) in [6, 6.07) is 5.00.